The summed E-state index contributed by atoms with van der Waals surface area (Å²) in [5.41, 5.74) is 5.45. The number of halogens is 5. The molecule has 5 nitrogen and oxygen atoms in total. The van der Waals surface area contributed by atoms with Crippen molar-refractivity contribution in [3.05, 3.63) is 91.4 Å². The van der Waals surface area contributed by atoms with Crippen molar-refractivity contribution >= 4 is 58.0 Å². The number of para-hydroxylation sites is 2. The first-order valence-corrected chi connectivity index (χ1v) is 13.7. The molecule has 6 rings (SSSR count). The van der Waals surface area contributed by atoms with Crippen molar-refractivity contribution in [2.24, 2.45) is 0 Å². The van der Waals surface area contributed by atoms with E-state index in [1.807, 2.05) is 18.5 Å². The van der Waals surface area contributed by atoms with Crippen LogP contribution in [0.1, 0.15) is 60.0 Å². The molecule has 0 amide bonds. The van der Waals surface area contributed by atoms with Gasteiger partial charge >= 0.3 is 0 Å². The third-order valence-corrected chi connectivity index (χ3v) is 7.88. The average molecular weight is 585 g/mol. The van der Waals surface area contributed by atoms with E-state index in [0.717, 1.165) is 29.8 Å². The van der Waals surface area contributed by atoms with Gasteiger partial charge in [-0.2, -0.15) is 10.2 Å². The molecule has 0 unspecified atom stereocenters. The van der Waals surface area contributed by atoms with Crippen LogP contribution in [0.15, 0.2) is 48.8 Å². The molecule has 0 bridgehead atoms. The van der Waals surface area contributed by atoms with Crippen LogP contribution in [0.25, 0.3) is 11.4 Å². The van der Waals surface area contributed by atoms with Gasteiger partial charge in [-0.15, -0.1) is 11.6 Å². The summed E-state index contributed by atoms with van der Waals surface area (Å²) in [6.07, 6.45) is 8.44. The molecule has 0 atom stereocenters. The number of aliphatic hydroxyl groups excluding tert-OH is 1. The van der Waals surface area contributed by atoms with Gasteiger partial charge in [0.25, 0.3) is 0 Å². The van der Waals surface area contributed by atoms with Gasteiger partial charge in [-0.3, -0.25) is 0 Å². The summed E-state index contributed by atoms with van der Waals surface area (Å²) in [5, 5.41) is 20.5. The zero-order valence-corrected chi connectivity index (χ0v) is 22.9. The molecule has 2 aromatic carbocycles. The van der Waals surface area contributed by atoms with E-state index in [2.05, 4.69) is 10.2 Å². The molecule has 2 fully saturated rings. The minimum atomic E-state index is -0.0621. The average Bonchev–Trinajstić information content (AvgIpc) is 3.80. The summed E-state index contributed by atoms with van der Waals surface area (Å²) in [4.78, 5) is 0. The van der Waals surface area contributed by atoms with E-state index >= 15 is 0 Å². The van der Waals surface area contributed by atoms with Gasteiger partial charge in [0.15, 0.2) is 0 Å². The molecule has 1 N–H and O–H groups in total. The molecule has 4 aromatic rings. The van der Waals surface area contributed by atoms with E-state index in [1.165, 1.54) is 18.4 Å². The summed E-state index contributed by atoms with van der Waals surface area (Å²) in [5.74, 6) is 1.55. The van der Waals surface area contributed by atoms with Crippen LogP contribution in [0.3, 0.4) is 0 Å². The third kappa shape index (κ3) is 5.15. The van der Waals surface area contributed by atoms with Crippen molar-refractivity contribution in [1.82, 2.24) is 19.6 Å². The second-order valence-electron chi connectivity index (χ2n) is 8.90. The Morgan fingerprint density at radius 1 is 0.694 bits per heavy atom. The van der Waals surface area contributed by atoms with E-state index in [0.29, 0.717) is 49.2 Å². The molecule has 2 aliphatic carbocycles. The van der Waals surface area contributed by atoms with Gasteiger partial charge in [0, 0.05) is 0 Å². The van der Waals surface area contributed by atoms with Crippen molar-refractivity contribution in [2.75, 3.05) is 0 Å². The monoisotopic (exact) mass is 582 g/mol. The summed E-state index contributed by atoms with van der Waals surface area (Å²) < 4.78 is 3.42. The topological polar surface area (TPSA) is 55.9 Å². The second kappa shape index (κ2) is 10.9. The molecule has 2 aliphatic rings. The van der Waals surface area contributed by atoms with Crippen LogP contribution in [0, 0.1) is 0 Å². The Bertz CT molecular complexity index is 1240. The summed E-state index contributed by atoms with van der Waals surface area (Å²) in [6.45, 7) is -0.0621. The number of rotatable bonds is 6. The number of nitrogens with zero attached hydrogens (tertiary/aromatic N) is 4. The number of hydrogen-bond donors (Lipinski definition) is 1. The standard InChI is InChI=1S/C13H11Cl3N2.C13H12Cl2N2O/c14-6-12-9(8-4-5-8)7-17-18(12)13-10(15)2-1-3-11(13)16;14-10-2-1-3-11(15)13(10)17-12(7-18)9(6-16-17)8-4-5-8/h1-3,7-8H,4-6H2;1-3,6,8,18H,4-5,7H2. The fourth-order valence-electron chi connectivity index (χ4n) is 4.30. The zero-order chi connectivity index (χ0) is 25.4. The fourth-order valence-corrected chi connectivity index (χ4v) is 5.69. The van der Waals surface area contributed by atoms with Crippen molar-refractivity contribution in [3.8, 4) is 11.4 Å². The van der Waals surface area contributed by atoms with Gasteiger partial charge in [-0.05, 0) is 72.9 Å². The van der Waals surface area contributed by atoms with Crippen molar-refractivity contribution in [1.29, 1.82) is 0 Å². The highest BCUT2D eigenvalue weighted by molar-refractivity contribution is 6.38. The number of alkyl halides is 1. The van der Waals surface area contributed by atoms with Gasteiger partial charge in [0.1, 0.15) is 11.4 Å². The number of aliphatic hydroxyl groups is 1. The molecule has 0 radical (unpaired) electrons. The Balaban J connectivity index is 0.000000148. The fraction of sp³-hybridized carbons (Fsp3) is 0.308. The van der Waals surface area contributed by atoms with Crippen LogP contribution < -0.4 is 0 Å². The lowest BCUT2D eigenvalue weighted by molar-refractivity contribution is 0.272. The van der Waals surface area contributed by atoms with E-state index < -0.39 is 0 Å². The Labute approximate surface area is 234 Å². The minimum absolute atomic E-state index is 0.0621. The Kier molecular flexibility index (Phi) is 7.87. The maximum absolute atomic E-state index is 9.56. The molecule has 0 saturated heterocycles. The summed E-state index contributed by atoms with van der Waals surface area (Å²) >= 11 is 30.8. The first-order valence-electron chi connectivity index (χ1n) is 11.6. The number of benzene rings is 2. The Morgan fingerprint density at radius 2 is 1.08 bits per heavy atom. The number of aromatic nitrogens is 4. The van der Waals surface area contributed by atoms with Gasteiger partial charge in [-0.1, -0.05) is 58.5 Å². The lowest BCUT2D eigenvalue weighted by atomic mass is 10.1. The molecule has 36 heavy (non-hydrogen) atoms. The molecule has 188 valence electrons. The normalized spacial score (nSPS) is 15.1. The van der Waals surface area contributed by atoms with E-state index in [-0.39, 0.29) is 6.61 Å². The summed E-state index contributed by atoms with van der Waals surface area (Å²) in [6, 6.07) is 10.8. The van der Waals surface area contributed by atoms with Crippen LogP contribution in [0.5, 0.6) is 0 Å². The van der Waals surface area contributed by atoms with Crippen LogP contribution in [0.4, 0.5) is 0 Å². The zero-order valence-electron chi connectivity index (χ0n) is 19.1. The molecule has 2 saturated carbocycles. The number of hydrogen-bond acceptors (Lipinski definition) is 3. The van der Waals surface area contributed by atoms with Gasteiger partial charge in [0.05, 0.1) is 56.4 Å². The van der Waals surface area contributed by atoms with Crippen LogP contribution in [0.2, 0.25) is 20.1 Å². The van der Waals surface area contributed by atoms with Gasteiger partial charge in [-0.25, -0.2) is 9.36 Å². The second-order valence-corrected chi connectivity index (χ2v) is 10.8. The van der Waals surface area contributed by atoms with E-state index in [9.17, 15) is 5.11 Å². The van der Waals surface area contributed by atoms with Gasteiger partial charge < -0.3 is 5.11 Å². The third-order valence-electron chi connectivity index (χ3n) is 6.41. The molecule has 0 spiro atoms. The highest BCUT2D eigenvalue weighted by atomic mass is 35.5. The predicted molar refractivity (Wildman–Crippen MR) is 147 cm³/mol. The highest BCUT2D eigenvalue weighted by Gasteiger charge is 2.30. The molecule has 2 aromatic heterocycles. The van der Waals surface area contributed by atoms with Crippen LogP contribution in [-0.4, -0.2) is 24.7 Å². The smallest absolute Gasteiger partial charge is 0.102 e. The first-order chi connectivity index (χ1) is 17.4. The molecule has 0 aliphatic heterocycles. The lowest BCUT2D eigenvalue weighted by Crippen LogP contribution is -2.05. The lowest BCUT2D eigenvalue weighted by Gasteiger charge is -2.10. The molecular formula is C26H23Cl5N4O. The Morgan fingerprint density at radius 3 is 1.44 bits per heavy atom. The minimum Gasteiger partial charge on any atom is -0.390 e. The quantitative estimate of drug-likeness (QED) is 0.232. The molecule has 2 heterocycles. The maximum Gasteiger partial charge on any atom is 0.102 e. The van der Waals surface area contributed by atoms with E-state index in [1.54, 1.807) is 39.7 Å². The molecular weight excluding hydrogens is 562 g/mol. The predicted octanol–water partition coefficient (Wildman–Crippen LogP) is 8.34. The highest BCUT2D eigenvalue weighted by Crippen LogP contribution is 2.44. The first kappa shape index (κ1) is 25.9. The largest absolute Gasteiger partial charge is 0.390 e. The van der Waals surface area contributed by atoms with Crippen LogP contribution in [-0.2, 0) is 12.5 Å². The van der Waals surface area contributed by atoms with Crippen molar-refractivity contribution in [2.45, 2.75) is 50.0 Å². The van der Waals surface area contributed by atoms with Crippen molar-refractivity contribution < 1.29 is 5.11 Å². The van der Waals surface area contributed by atoms with Crippen molar-refractivity contribution in [3.63, 3.8) is 0 Å². The summed E-state index contributed by atoms with van der Waals surface area (Å²) in [7, 11) is 0. The SMILES string of the molecule is ClCc1c(C2CC2)cnn1-c1c(Cl)cccc1Cl.OCc1c(C2CC2)cnn1-c1c(Cl)cccc1Cl. The Hall–Kier alpha value is -1.73. The van der Waals surface area contributed by atoms with Crippen LogP contribution >= 0.6 is 58.0 Å². The molecule has 10 heteroatoms. The maximum atomic E-state index is 9.56. The van der Waals surface area contributed by atoms with E-state index in [4.69, 9.17) is 58.0 Å². The van der Waals surface area contributed by atoms with Gasteiger partial charge in [0.2, 0.25) is 0 Å².